The third-order valence-electron chi connectivity index (χ3n) is 1.11. The van der Waals surface area contributed by atoms with Crippen molar-refractivity contribution in [3.8, 4) is 5.75 Å². The highest BCUT2D eigenvalue weighted by Gasteiger charge is 2.20. The predicted octanol–water partition coefficient (Wildman–Crippen LogP) is 3.69. The molecular formula is C8H10BClF4O2S. The first-order valence-electron chi connectivity index (χ1n) is 4.24. The minimum atomic E-state index is -6.00. The van der Waals surface area contributed by atoms with Gasteiger partial charge in [0.15, 0.2) is 5.75 Å². The number of rotatable bonds is 2. The molecule has 0 spiro atoms. The number of hydrogen-bond donors (Lipinski definition) is 0. The van der Waals surface area contributed by atoms with Crippen molar-refractivity contribution in [2.24, 2.45) is 0 Å². The van der Waals surface area contributed by atoms with Crippen molar-refractivity contribution in [2.45, 2.75) is 0 Å². The summed E-state index contributed by atoms with van der Waals surface area (Å²) < 4.78 is 55.3. The van der Waals surface area contributed by atoms with Crippen LogP contribution in [0.15, 0.2) is 24.3 Å². The second-order valence-corrected chi connectivity index (χ2v) is 6.06. The number of hydrogen-bond acceptors (Lipinski definition) is 2. The Labute approximate surface area is 103 Å². The van der Waals surface area contributed by atoms with E-state index in [4.69, 9.17) is 15.8 Å². The van der Waals surface area contributed by atoms with Gasteiger partial charge in [0.2, 0.25) is 0 Å². The van der Waals surface area contributed by atoms with Crippen molar-refractivity contribution >= 4 is 29.1 Å². The van der Waals surface area contributed by atoms with Gasteiger partial charge in [0.05, 0.1) is 0 Å². The van der Waals surface area contributed by atoms with E-state index in [1.54, 1.807) is 36.8 Å². The largest absolute Gasteiger partial charge is 0.673 e. The first kappa shape index (κ1) is 16.2. The molecule has 0 fully saturated rings. The van der Waals surface area contributed by atoms with Crippen molar-refractivity contribution in [1.29, 1.82) is 0 Å². The average molecular weight is 292 g/mol. The van der Waals surface area contributed by atoms with Gasteiger partial charge < -0.3 is 17.3 Å². The molecule has 1 rings (SSSR count). The fraction of sp³-hybridized carbons (Fsp3) is 0.250. The first-order valence-corrected chi connectivity index (χ1v) is 6.91. The average Bonchev–Trinajstić information content (AvgIpc) is 2.03. The molecule has 0 bridgehead atoms. The van der Waals surface area contributed by atoms with Crippen LogP contribution in [0.1, 0.15) is 0 Å². The van der Waals surface area contributed by atoms with E-state index in [9.17, 15) is 21.5 Å². The molecular weight excluding hydrogens is 282 g/mol. The van der Waals surface area contributed by atoms with Crippen LogP contribution in [-0.4, -0.2) is 19.8 Å². The summed E-state index contributed by atoms with van der Waals surface area (Å²) in [4.78, 5) is 0. The topological polar surface area (TPSA) is 26.3 Å². The molecule has 1 aromatic rings. The molecule has 17 heavy (non-hydrogen) atoms. The van der Waals surface area contributed by atoms with E-state index in [1.165, 1.54) is 0 Å². The Balaban J connectivity index is 0.000000437. The zero-order valence-corrected chi connectivity index (χ0v) is 10.6. The third kappa shape index (κ3) is 13.2. The Kier molecular flexibility index (Phi) is 5.97. The van der Waals surface area contributed by atoms with E-state index >= 15 is 0 Å². The van der Waals surface area contributed by atoms with Gasteiger partial charge >= 0.3 is 7.25 Å². The molecule has 2 nitrogen and oxygen atoms in total. The Bertz CT molecular complexity index is 384. The number of halogens is 5. The van der Waals surface area contributed by atoms with Crippen molar-refractivity contribution in [3.05, 3.63) is 29.3 Å². The van der Waals surface area contributed by atoms with Gasteiger partial charge in [-0.05, 0) is 24.3 Å². The van der Waals surface area contributed by atoms with Crippen molar-refractivity contribution in [3.63, 3.8) is 0 Å². The molecule has 0 amide bonds. The zero-order valence-electron chi connectivity index (χ0n) is 9.00. The molecule has 0 heterocycles. The highest BCUT2D eigenvalue weighted by atomic mass is 35.5. The van der Waals surface area contributed by atoms with Crippen molar-refractivity contribution < 1.29 is 25.7 Å². The lowest BCUT2D eigenvalue weighted by molar-refractivity contribution is 0.368. The fourth-order valence-electron chi connectivity index (χ4n) is 0.722. The van der Waals surface area contributed by atoms with Crippen LogP contribution in [0.2, 0.25) is 5.02 Å². The Hall–Kier alpha value is -0.755. The van der Waals surface area contributed by atoms with Crippen LogP contribution in [0, 0.1) is 0 Å². The molecule has 0 aliphatic rings. The van der Waals surface area contributed by atoms with Gasteiger partial charge in [-0.3, -0.25) is 4.18 Å². The lowest BCUT2D eigenvalue weighted by atomic mass is 10.3. The van der Waals surface area contributed by atoms with Crippen LogP contribution < -0.4 is 4.18 Å². The Morgan fingerprint density at radius 3 is 1.76 bits per heavy atom. The summed E-state index contributed by atoms with van der Waals surface area (Å²) in [6.45, 7) is 0. The first-order chi connectivity index (χ1) is 7.47. The molecule has 0 aliphatic carbocycles. The molecule has 0 atom stereocenters. The summed E-state index contributed by atoms with van der Waals surface area (Å²) in [5, 5.41) is 0.640. The van der Waals surface area contributed by atoms with Gasteiger partial charge in [-0.25, -0.2) is 0 Å². The summed E-state index contributed by atoms with van der Waals surface area (Å²) in [7, 11) is -8.18. The van der Waals surface area contributed by atoms with Gasteiger partial charge in [-0.1, -0.05) is 15.8 Å². The highest BCUT2D eigenvalue weighted by molar-refractivity contribution is 7.97. The molecule has 0 saturated carbocycles. The van der Waals surface area contributed by atoms with Crippen molar-refractivity contribution in [2.75, 3.05) is 12.5 Å². The summed E-state index contributed by atoms with van der Waals surface area (Å²) in [5.41, 5.74) is 0. The summed E-state index contributed by atoms with van der Waals surface area (Å²) in [6, 6.07) is 6.77. The molecule has 0 aromatic heterocycles. The van der Waals surface area contributed by atoms with E-state index in [-0.39, 0.29) is 0 Å². The van der Waals surface area contributed by atoms with E-state index in [2.05, 4.69) is 0 Å². The minimum Gasteiger partial charge on any atom is -0.418 e. The Morgan fingerprint density at radius 2 is 1.47 bits per heavy atom. The molecule has 9 heteroatoms. The van der Waals surface area contributed by atoms with E-state index in [0.717, 1.165) is 0 Å². The second-order valence-electron chi connectivity index (χ2n) is 3.18. The summed E-state index contributed by atoms with van der Waals surface area (Å²) in [6.07, 6.45) is 3.09. The van der Waals surface area contributed by atoms with Crippen LogP contribution in [0.3, 0.4) is 0 Å². The van der Waals surface area contributed by atoms with Gasteiger partial charge in [0.1, 0.15) is 12.5 Å². The quantitative estimate of drug-likeness (QED) is 0.472. The molecule has 0 aliphatic heterocycles. The normalized spacial score (nSPS) is 11.5. The maximum absolute atomic E-state index is 11.2. The maximum Gasteiger partial charge on any atom is 0.673 e. The van der Waals surface area contributed by atoms with Crippen LogP contribution >= 0.6 is 11.6 Å². The van der Waals surface area contributed by atoms with E-state index in [1.807, 2.05) is 0 Å². The Morgan fingerprint density at radius 1 is 1.12 bits per heavy atom. The smallest absolute Gasteiger partial charge is 0.418 e. The molecule has 0 N–H and O–H groups in total. The van der Waals surface area contributed by atoms with Crippen molar-refractivity contribution in [1.82, 2.24) is 0 Å². The zero-order chi connectivity index (χ0) is 13.7. The van der Waals surface area contributed by atoms with Gasteiger partial charge in [0.25, 0.3) is 10.2 Å². The summed E-state index contributed by atoms with van der Waals surface area (Å²) >= 11 is 5.66. The monoisotopic (exact) mass is 292 g/mol. The molecule has 0 saturated heterocycles. The van der Waals surface area contributed by atoms with Gasteiger partial charge in [-0.2, -0.15) is 0 Å². The predicted molar refractivity (Wildman–Crippen MR) is 62.2 cm³/mol. The van der Waals surface area contributed by atoms with E-state index < -0.39 is 17.5 Å². The molecule has 0 radical (unpaired) electrons. The maximum atomic E-state index is 11.2. The van der Waals surface area contributed by atoms with E-state index in [0.29, 0.717) is 10.8 Å². The highest BCUT2D eigenvalue weighted by Crippen LogP contribution is 2.17. The lowest BCUT2D eigenvalue weighted by Crippen LogP contribution is -2.13. The lowest BCUT2D eigenvalue weighted by Gasteiger charge is -2.01. The minimum absolute atomic E-state index is 0.578. The standard InChI is InChI=1S/C8H10ClO2S.BF4/c1-12(2,10)11-8-5-3-7(9)4-6-8;2-1(3,4)5/h3-6H,1-2H3;/q+1;-1. The molecule has 0 unspecified atom stereocenters. The SMILES string of the molecule is C[S+](C)(=O)Oc1ccc(Cl)cc1.F[B-](F)(F)F. The molecule has 1 aromatic carbocycles. The van der Waals surface area contributed by atoms with Crippen LogP contribution in [-0.2, 0) is 14.4 Å². The third-order valence-corrected chi connectivity index (χ3v) is 1.96. The van der Waals surface area contributed by atoms with Crippen LogP contribution in [0.4, 0.5) is 17.3 Å². The van der Waals surface area contributed by atoms with Gasteiger partial charge in [0, 0.05) is 5.02 Å². The molecule has 98 valence electrons. The van der Waals surface area contributed by atoms with Crippen LogP contribution in [0.5, 0.6) is 5.75 Å². The van der Waals surface area contributed by atoms with Crippen LogP contribution in [0.25, 0.3) is 0 Å². The summed E-state index contributed by atoms with van der Waals surface area (Å²) in [5.74, 6) is 0.578. The second kappa shape index (κ2) is 6.25. The number of benzene rings is 1. The van der Waals surface area contributed by atoms with Gasteiger partial charge in [-0.15, -0.1) is 0 Å². The fourth-order valence-corrected chi connectivity index (χ4v) is 1.42.